The van der Waals surface area contributed by atoms with Gasteiger partial charge in [-0.2, -0.15) is 0 Å². The molecule has 0 fully saturated rings. The van der Waals surface area contributed by atoms with Crippen LogP contribution in [0.5, 0.6) is 0 Å². The summed E-state index contributed by atoms with van der Waals surface area (Å²) in [5.41, 5.74) is 0. The van der Waals surface area contributed by atoms with Crippen LogP contribution in [0.25, 0.3) is 0 Å². The van der Waals surface area contributed by atoms with E-state index in [1.807, 2.05) is 0 Å². The van der Waals surface area contributed by atoms with E-state index in [4.69, 9.17) is 16.3 Å². The minimum Gasteiger partial charge on any atom is -0.361 e. The topological polar surface area (TPSA) is 9.23 Å². The Hall–Kier alpha value is 1.21. The number of ether oxygens (including phenoxy) is 1. The zero-order chi connectivity index (χ0) is 6.41. The van der Waals surface area contributed by atoms with Gasteiger partial charge in [-0.3, -0.25) is 0 Å². The SMILES string of the molecule is ClCOC(CBr)CBr. The Morgan fingerprint density at radius 1 is 1.38 bits per heavy atom. The van der Waals surface area contributed by atoms with Gasteiger partial charge in [0.25, 0.3) is 0 Å². The zero-order valence-electron chi connectivity index (χ0n) is 4.24. The summed E-state index contributed by atoms with van der Waals surface area (Å²) in [5.74, 6) is 0. The maximum atomic E-state index is 5.29. The Labute approximate surface area is 71.0 Å². The van der Waals surface area contributed by atoms with Gasteiger partial charge in [0.1, 0.15) is 6.07 Å². The first-order valence-electron chi connectivity index (χ1n) is 2.14. The summed E-state index contributed by atoms with van der Waals surface area (Å²) in [6.07, 6.45) is 0.201. The number of alkyl halides is 3. The maximum absolute atomic E-state index is 5.29. The van der Waals surface area contributed by atoms with Crippen LogP contribution in [0.4, 0.5) is 0 Å². The first-order chi connectivity index (χ1) is 3.85. The lowest BCUT2D eigenvalue weighted by Crippen LogP contribution is -2.14. The monoisotopic (exact) mass is 264 g/mol. The summed E-state index contributed by atoms with van der Waals surface area (Å²) in [5, 5.41) is 1.65. The average molecular weight is 266 g/mol. The van der Waals surface area contributed by atoms with Crippen LogP contribution in [0, 0.1) is 0 Å². The molecule has 4 heteroatoms. The molecule has 0 heterocycles. The minimum atomic E-state index is 0.201. The van der Waals surface area contributed by atoms with Gasteiger partial charge in [0.05, 0.1) is 6.10 Å². The predicted octanol–water partition coefficient (Wildman–Crippen LogP) is 2.36. The minimum absolute atomic E-state index is 0.201. The molecule has 0 aliphatic carbocycles. The van der Waals surface area contributed by atoms with Gasteiger partial charge in [-0.15, -0.1) is 0 Å². The van der Waals surface area contributed by atoms with Crippen LogP contribution < -0.4 is 0 Å². The number of rotatable bonds is 4. The van der Waals surface area contributed by atoms with Gasteiger partial charge in [-0.1, -0.05) is 43.5 Å². The molecule has 0 aliphatic rings. The second-order valence-electron chi connectivity index (χ2n) is 1.21. The molecule has 1 nitrogen and oxygen atoms in total. The molecule has 0 rings (SSSR count). The molecule has 8 heavy (non-hydrogen) atoms. The molecule has 0 amide bonds. The first-order valence-corrected chi connectivity index (χ1v) is 4.92. The maximum Gasteiger partial charge on any atom is 0.121 e. The van der Waals surface area contributed by atoms with Gasteiger partial charge in [0, 0.05) is 10.7 Å². The van der Waals surface area contributed by atoms with Crippen molar-refractivity contribution in [3.63, 3.8) is 0 Å². The van der Waals surface area contributed by atoms with Crippen LogP contribution in [0.2, 0.25) is 0 Å². The zero-order valence-corrected chi connectivity index (χ0v) is 8.17. The van der Waals surface area contributed by atoms with E-state index in [2.05, 4.69) is 31.9 Å². The predicted molar refractivity (Wildman–Crippen MR) is 43.2 cm³/mol. The highest BCUT2D eigenvalue weighted by Gasteiger charge is 2.01. The summed E-state index contributed by atoms with van der Waals surface area (Å²) in [4.78, 5) is 0. The third-order valence-electron chi connectivity index (χ3n) is 0.643. The molecule has 0 aromatic heterocycles. The van der Waals surface area contributed by atoms with Crippen molar-refractivity contribution in [2.45, 2.75) is 6.10 Å². The number of hydrogen-bond donors (Lipinski definition) is 0. The molecule has 0 spiro atoms. The van der Waals surface area contributed by atoms with E-state index < -0.39 is 0 Å². The second kappa shape index (κ2) is 6.33. The molecule has 0 radical (unpaired) electrons. The number of hydrogen-bond acceptors (Lipinski definition) is 1. The van der Waals surface area contributed by atoms with Gasteiger partial charge in [0.2, 0.25) is 0 Å². The highest BCUT2D eigenvalue weighted by atomic mass is 79.9. The Kier molecular flexibility index (Phi) is 7.29. The van der Waals surface area contributed by atoms with Crippen molar-refractivity contribution in [1.82, 2.24) is 0 Å². The summed E-state index contributed by atoms with van der Waals surface area (Å²) in [6.45, 7) is 0. The fourth-order valence-corrected chi connectivity index (χ4v) is 1.84. The Morgan fingerprint density at radius 2 is 1.88 bits per heavy atom. The molecule has 0 N–H and O–H groups in total. The lowest BCUT2D eigenvalue weighted by molar-refractivity contribution is 0.126. The first kappa shape index (κ1) is 9.21. The van der Waals surface area contributed by atoms with Crippen LogP contribution in [0.15, 0.2) is 0 Å². The molecule has 0 aliphatic heterocycles. The van der Waals surface area contributed by atoms with Crippen molar-refractivity contribution in [2.75, 3.05) is 16.7 Å². The van der Waals surface area contributed by atoms with E-state index in [0.717, 1.165) is 10.7 Å². The molecular formula is C4H7Br2ClO. The van der Waals surface area contributed by atoms with E-state index in [9.17, 15) is 0 Å². The Bertz CT molecular complexity index is 49.3. The molecule has 0 aromatic rings. The van der Waals surface area contributed by atoms with E-state index in [1.165, 1.54) is 0 Å². The fourth-order valence-electron chi connectivity index (χ4n) is 0.219. The Balaban J connectivity index is 3.07. The molecular weight excluding hydrogens is 259 g/mol. The summed E-state index contributed by atoms with van der Waals surface area (Å²) in [7, 11) is 0. The third kappa shape index (κ3) is 4.13. The number of halogens is 3. The van der Waals surface area contributed by atoms with Gasteiger partial charge < -0.3 is 4.74 Å². The standard InChI is InChI=1S/C4H7Br2ClO/c5-1-4(2-6)8-3-7/h4H,1-3H2. The molecule has 0 bridgehead atoms. The largest absolute Gasteiger partial charge is 0.361 e. The van der Waals surface area contributed by atoms with Crippen LogP contribution in [-0.4, -0.2) is 22.8 Å². The van der Waals surface area contributed by atoms with Crippen LogP contribution in [0.3, 0.4) is 0 Å². The fraction of sp³-hybridized carbons (Fsp3) is 1.00. The molecule has 0 atom stereocenters. The van der Waals surface area contributed by atoms with Crippen LogP contribution in [0.1, 0.15) is 0 Å². The second-order valence-corrected chi connectivity index (χ2v) is 2.72. The van der Waals surface area contributed by atoms with Crippen molar-refractivity contribution < 1.29 is 4.74 Å². The van der Waals surface area contributed by atoms with Crippen LogP contribution >= 0.6 is 43.5 Å². The van der Waals surface area contributed by atoms with Crippen molar-refractivity contribution >= 4 is 43.5 Å². The Morgan fingerprint density at radius 3 is 2.00 bits per heavy atom. The van der Waals surface area contributed by atoms with Crippen molar-refractivity contribution in [1.29, 1.82) is 0 Å². The molecule has 0 unspecified atom stereocenters. The summed E-state index contributed by atoms with van der Waals surface area (Å²) in [6, 6.07) is 0.266. The molecule has 50 valence electrons. The summed E-state index contributed by atoms with van der Waals surface area (Å²) < 4.78 is 5.01. The van der Waals surface area contributed by atoms with E-state index in [-0.39, 0.29) is 12.2 Å². The van der Waals surface area contributed by atoms with Crippen molar-refractivity contribution in [2.24, 2.45) is 0 Å². The molecule has 0 saturated heterocycles. The van der Waals surface area contributed by atoms with Gasteiger partial charge in [-0.25, -0.2) is 0 Å². The van der Waals surface area contributed by atoms with E-state index in [0.29, 0.717) is 0 Å². The highest BCUT2D eigenvalue weighted by Crippen LogP contribution is 2.01. The van der Waals surface area contributed by atoms with Crippen molar-refractivity contribution in [3.8, 4) is 0 Å². The highest BCUT2D eigenvalue weighted by molar-refractivity contribution is 9.09. The van der Waals surface area contributed by atoms with Crippen molar-refractivity contribution in [3.05, 3.63) is 0 Å². The van der Waals surface area contributed by atoms with Crippen LogP contribution in [-0.2, 0) is 4.74 Å². The third-order valence-corrected chi connectivity index (χ3v) is 2.21. The smallest absolute Gasteiger partial charge is 0.121 e. The normalized spacial score (nSPS) is 10.5. The average Bonchev–Trinajstić information content (AvgIpc) is 1.83. The van der Waals surface area contributed by atoms with Gasteiger partial charge in [-0.05, 0) is 0 Å². The van der Waals surface area contributed by atoms with E-state index >= 15 is 0 Å². The molecule has 0 aromatic carbocycles. The lowest BCUT2D eigenvalue weighted by atomic mass is 10.5. The van der Waals surface area contributed by atoms with Gasteiger partial charge in [0.15, 0.2) is 0 Å². The lowest BCUT2D eigenvalue weighted by Gasteiger charge is -2.07. The molecule has 0 saturated carbocycles. The van der Waals surface area contributed by atoms with Gasteiger partial charge >= 0.3 is 0 Å². The quantitative estimate of drug-likeness (QED) is 0.710. The van der Waals surface area contributed by atoms with E-state index in [1.54, 1.807) is 0 Å². The summed E-state index contributed by atoms with van der Waals surface area (Å²) >= 11 is 11.8.